The normalized spacial score (nSPS) is 12.6. The molecule has 1 aliphatic heterocycles. The van der Waals surface area contributed by atoms with Crippen molar-refractivity contribution < 1.29 is 9.59 Å². The van der Waals surface area contributed by atoms with E-state index in [0.717, 1.165) is 17.0 Å². The molecular formula is C23H21ClN6O2. The zero-order valence-electron chi connectivity index (χ0n) is 17.7. The number of aromatic nitrogens is 2. The van der Waals surface area contributed by atoms with E-state index in [0.29, 0.717) is 16.5 Å². The fourth-order valence-corrected chi connectivity index (χ4v) is 3.96. The molecule has 0 fully saturated rings. The lowest BCUT2D eigenvalue weighted by molar-refractivity contribution is -0.124. The maximum Gasteiger partial charge on any atom is 0.220 e. The quantitative estimate of drug-likeness (QED) is 0.459. The van der Waals surface area contributed by atoms with Crippen LogP contribution in [0.1, 0.15) is 18.5 Å². The number of amides is 1. The smallest absolute Gasteiger partial charge is 0.220 e. The van der Waals surface area contributed by atoms with Crippen molar-refractivity contribution in [2.24, 2.45) is 0 Å². The predicted octanol–water partition coefficient (Wildman–Crippen LogP) is 3.27. The summed E-state index contributed by atoms with van der Waals surface area (Å²) < 4.78 is 1.78. The van der Waals surface area contributed by atoms with Crippen molar-refractivity contribution in [3.8, 4) is 6.07 Å². The van der Waals surface area contributed by atoms with Gasteiger partial charge in [-0.05, 0) is 24.3 Å². The molecule has 3 heterocycles. The molecule has 0 saturated carbocycles. The van der Waals surface area contributed by atoms with E-state index in [1.54, 1.807) is 28.9 Å². The van der Waals surface area contributed by atoms with Crippen molar-refractivity contribution >= 4 is 40.3 Å². The summed E-state index contributed by atoms with van der Waals surface area (Å²) in [4.78, 5) is 33.1. The molecule has 2 aromatic heterocycles. The number of benzene rings is 1. The first kappa shape index (κ1) is 21.4. The van der Waals surface area contributed by atoms with Crippen LogP contribution in [0.2, 0.25) is 5.02 Å². The van der Waals surface area contributed by atoms with E-state index in [1.807, 2.05) is 54.2 Å². The Kier molecular flexibility index (Phi) is 5.84. The third-order valence-electron chi connectivity index (χ3n) is 5.36. The fourth-order valence-electron chi connectivity index (χ4n) is 3.79. The van der Waals surface area contributed by atoms with Crippen LogP contribution in [0.15, 0.2) is 60.2 Å². The zero-order valence-corrected chi connectivity index (χ0v) is 18.4. The van der Waals surface area contributed by atoms with E-state index < -0.39 is 0 Å². The Hall–Kier alpha value is -3.83. The molecule has 0 aliphatic carbocycles. The van der Waals surface area contributed by atoms with Gasteiger partial charge < -0.3 is 19.5 Å². The minimum Gasteiger partial charge on any atom is -0.350 e. The van der Waals surface area contributed by atoms with E-state index in [9.17, 15) is 14.9 Å². The number of fused-ring (bicyclic) bond motifs is 2. The Balaban J connectivity index is 1.38. The van der Waals surface area contributed by atoms with Crippen LogP contribution in [0.4, 0.5) is 11.4 Å². The second-order valence-corrected chi connectivity index (χ2v) is 7.90. The van der Waals surface area contributed by atoms with Gasteiger partial charge in [-0.1, -0.05) is 23.7 Å². The van der Waals surface area contributed by atoms with Gasteiger partial charge in [0.1, 0.15) is 23.1 Å². The number of pyridine rings is 1. The number of carbonyl (C=O) groups excluding carboxylic acids is 2. The molecule has 0 bridgehead atoms. The number of ketones is 1. The zero-order chi connectivity index (χ0) is 22.8. The van der Waals surface area contributed by atoms with Crippen LogP contribution in [0.5, 0.6) is 0 Å². The van der Waals surface area contributed by atoms with Gasteiger partial charge in [0.2, 0.25) is 5.91 Å². The van der Waals surface area contributed by atoms with Crippen molar-refractivity contribution in [2.75, 3.05) is 23.9 Å². The summed E-state index contributed by atoms with van der Waals surface area (Å²) in [6, 6.07) is 13.2. The van der Waals surface area contributed by atoms with Crippen LogP contribution in [0.3, 0.4) is 0 Å². The van der Waals surface area contributed by atoms with E-state index in [1.165, 1.54) is 0 Å². The topological polar surface area (TPSA) is 93.7 Å². The number of anilines is 2. The number of imidazole rings is 1. The highest BCUT2D eigenvalue weighted by Crippen LogP contribution is 2.40. The molecule has 1 aromatic carbocycles. The van der Waals surface area contributed by atoms with Crippen LogP contribution >= 0.6 is 11.6 Å². The number of nitrogens with one attached hydrogen (secondary N) is 1. The second-order valence-electron chi connectivity index (χ2n) is 7.46. The standard InChI is InChI=1S/C23H21ClN6O2/c1-28-18-5-3-4-6-19(18)29(2)23(28)17(11-25)20(31)8-10-22(32)26-12-16-14-30-13-15(24)7-9-21(30)27-16/h3-7,9,13-14H,8,10,12H2,1-2H3,(H,26,32). The highest BCUT2D eigenvalue weighted by atomic mass is 35.5. The van der Waals surface area contributed by atoms with Gasteiger partial charge in [-0.15, -0.1) is 0 Å². The van der Waals surface area contributed by atoms with Crippen molar-refractivity contribution in [3.05, 3.63) is 70.9 Å². The number of nitrogens with zero attached hydrogens (tertiary/aromatic N) is 5. The van der Waals surface area contributed by atoms with E-state index in [4.69, 9.17) is 11.6 Å². The van der Waals surface area contributed by atoms with E-state index >= 15 is 0 Å². The highest BCUT2D eigenvalue weighted by molar-refractivity contribution is 6.30. The summed E-state index contributed by atoms with van der Waals surface area (Å²) in [5.74, 6) is -0.138. The molecule has 8 nitrogen and oxygen atoms in total. The van der Waals surface area contributed by atoms with Crippen molar-refractivity contribution in [1.29, 1.82) is 5.26 Å². The lowest BCUT2D eigenvalue weighted by Gasteiger charge is -2.19. The highest BCUT2D eigenvalue weighted by Gasteiger charge is 2.31. The maximum atomic E-state index is 12.8. The molecule has 0 spiro atoms. The minimum absolute atomic E-state index is 0.0170. The first-order valence-corrected chi connectivity index (χ1v) is 10.4. The van der Waals surface area contributed by atoms with Crippen molar-refractivity contribution in [3.63, 3.8) is 0 Å². The lowest BCUT2D eigenvalue weighted by Crippen LogP contribution is -2.27. The van der Waals surface area contributed by atoms with Gasteiger partial charge in [-0.2, -0.15) is 5.26 Å². The Labute approximate surface area is 190 Å². The number of allylic oxidation sites excluding steroid dienone is 1. The van der Waals surface area contributed by atoms with Gasteiger partial charge >= 0.3 is 0 Å². The molecule has 3 aromatic rings. The molecule has 0 saturated heterocycles. The summed E-state index contributed by atoms with van der Waals surface area (Å²) in [5, 5.41) is 13.0. The molecule has 0 unspecified atom stereocenters. The molecule has 1 amide bonds. The predicted molar refractivity (Wildman–Crippen MR) is 122 cm³/mol. The maximum absolute atomic E-state index is 12.8. The van der Waals surface area contributed by atoms with Crippen LogP contribution in [-0.4, -0.2) is 35.2 Å². The van der Waals surface area contributed by atoms with Gasteiger partial charge in [0, 0.05) is 39.3 Å². The van der Waals surface area contributed by atoms with Crippen molar-refractivity contribution in [2.45, 2.75) is 19.4 Å². The molecule has 4 rings (SSSR count). The third kappa shape index (κ3) is 4.03. The molecule has 9 heteroatoms. The first-order valence-electron chi connectivity index (χ1n) is 10.0. The monoisotopic (exact) mass is 448 g/mol. The number of hydrogen-bond acceptors (Lipinski definition) is 6. The number of nitriles is 1. The summed E-state index contributed by atoms with van der Waals surface area (Å²) in [5.41, 5.74) is 3.27. The lowest BCUT2D eigenvalue weighted by atomic mass is 10.1. The molecule has 32 heavy (non-hydrogen) atoms. The van der Waals surface area contributed by atoms with Crippen molar-refractivity contribution in [1.82, 2.24) is 14.7 Å². The van der Waals surface area contributed by atoms with Gasteiger partial charge in [0.15, 0.2) is 5.78 Å². The average Bonchev–Trinajstić information content (AvgIpc) is 3.30. The third-order valence-corrected chi connectivity index (χ3v) is 5.59. The Bertz CT molecular complexity index is 1260. The Morgan fingerprint density at radius 3 is 2.41 bits per heavy atom. The molecule has 0 atom stereocenters. The van der Waals surface area contributed by atoms with E-state index in [-0.39, 0.29) is 36.6 Å². The van der Waals surface area contributed by atoms with Gasteiger partial charge in [0.05, 0.1) is 28.6 Å². The SMILES string of the molecule is CN1C(=C(C#N)C(=O)CCC(=O)NCc2cn3cc(Cl)ccc3n2)N(C)c2ccccc21. The summed E-state index contributed by atoms with van der Waals surface area (Å²) in [6.07, 6.45) is 3.45. The van der Waals surface area contributed by atoms with E-state index in [2.05, 4.69) is 10.3 Å². The number of halogens is 1. The average molecular weight is 449 g/mol. The summed E-state index contributed by atoms with van der Waals surface area (Å²) >= 11 is 5.97. The van der Waals surface area contributed by atoms with Gasteiger partial charge in [-0.3, -0.25) is 9.59 Å². The Morgan fingerprint density at radius 1 is 1.06 bits per heavy atom. The first-order chi connectivity index (χ1) is 15.4. The number of para-hydroxylation sites is 2. The number of hydrogen-bond donors (Lipinski definition) is 1. The number of Topliss-reactive ketones (excluding diaryl/α,β-unsaturated/α-hetero) is 1. The van der Waals surface area contributed by atoms with Gasteiger partial charge in [0.25, 0.3) is 0 Å². The van der Waals surface area contributed by atoms with Crippen LogP contribution in [0, 0.1) is 11.3 Å². The Morgan fingerprint density at radius 2 is 1.75 bits per heavy atom. The molecule has 1 aliphatic rings. The van der Waals surface area contributed by atoms with Crippen LogP contribution < -0.4 is 15.1 Å². The van der Waals surface area contributed by atoms with Gasteiger partial charge in [-0.25, -0.2) is 4.98 Å². The van der Waals surface area contributed by atoms with Crippen LogP contribution in [-0.2, 0) is 16.1 Å². The summed E-state index contributed by atoms with van der Waals surface area (Å²) in [7, 11) is 3.63. The molecule has 162 valence electrons. The largest absolute Gasteiger partial charge is 0.350 e. The molecular weight excluding hydrogens is 428 g/mol. The minimum atomic E-state index is -0.369. The second kappa shape index (κ2) is 8.73. The number of rotatable bonds is 6. The number of carbonyl (C=O) groups is 2. The van der Waals surface area contributed by atoms with Crippen LogP contribution in [0.25, 0.3) is 5.65 Å². The molecule has 1 N–H and O–H groups in total. The molecule has 0 radical (unpaired) electrons. The fraction of sp³-hybridized carbons (Fsp3) is 0.217. The summed E-state index contributed by atoms with van der Waals surface area (Å²) in [6.45, 7) is 0.235.